The highest BCUT2D eigenvalue weighted by molar-refractivity contribution is 5.85. The van der Waals surface area contributed by atoms with Crippen LogP contribution in [0.3, 0.4) is 0 Å². The maximum absolute atomic E-state index is 9.01. The fourth-order valence-electron chi connectivity index (χ4n) is 2.97. The number of nitriles is 1. The van der Waals surface area contributed by atoms with Crippen molar-refractivity contribution in [2.75, 3.05) is 32.6 Å². The normalized spacial score (nSPS) is 10.9. The quantitative estimate of drug-likeness (QED) is 0.492. The van der Waals surface area contributed by atoms with Crippen molar-refractivity contribution in [2.24, 2.45) is 0 Å². The van der Waals surface area contributed by atoms with Crippen LogP contribution < -0.4 is 10.1 Å². The fourth-order valence-corrected chi connectivity index (χ4v) is 2.97. The first-order valence-corrected chi connectivity index (χ1v) is 9.76. The number of hydrogen-bond acceptors (Lipinski definition) is 8. The van der Waals surface area contributed by atoms with E-state index in [1.807, 2.05) is 49.9 Å². The van der Waals surface area contributed by atoms with Crippen molar-refractivity contribution in [3.63, 3.8) is 0 Å². The Bertz CT molecular complexity index is 1220. The highest BCUT2D eigenvalue weighted by Crippen LogP contribution is 2.33. The van der Waals surface area contributed by atoms with Gasteiger partial charge in [0.1, 0.15) is 30.6 Å². The summed E-state index contributed by atoms with van der Waals surface area (Å²) in [4.78, 5) is 11.0. The van der Waals surface area contributed by atoms with Crippen molar-refractivity contribution in [1.29, 1.82) is 5.26 Å². The Kier molecular flexibility index (Phi) is 5.73. The van der Waals surface area contributed by atoms with E-state index >= 15 is 0 Å². The first-order chi connectivity index (χ1) is 15.0. The molecule has 4 rings (SSSR count). The number of hydrogen-bond donors (Lipinski definition) is 1. The maximum atomic E-state index is 9.01. The Hall–Kier alpha value is -4.03. The molecule has 0 fully saturated rings. The number of nitrogens with one attached hydrogen (secondary N) is 1. The second-order valence-electron chi connectivity index (χ2n) is 7.31. The summed E-state index contributed by atoms with van der Waals surface area (Å²) in [6.45, 7) is 3.19. The number of anilines is 2. The SMILES string of the molecule is Cc1ccc(Nc2cc3ncn(-c4ccc(C#N)cn4)c3cc2OCCN(C)C)nn1. The summed E-state index contributed by atoms with van der Waals surface area (Å²) in [7, 11) is 4.00. The smallest absolute Gasteiger partial charge is 0.153 e. The molecule has 0 spiro atoms. The van der Waals surface area contributed by atoms with Crippen LogP contribution in [-0.4, -0.2) is 56.9 Å². The molecule has 31 heavy (non-hydrogen) atoms. The van der Waals surface area contributed by atoms with Gasteiger partial charge in [-0.05, 0) is 51.4 Å². The Labute approximate surface area is 179 Å². The van der Waals surface area contributed by atoms with Crippen molar-refractivity contribution < 1.29 is 4.74 Å². The highest BCUT2D eigenvalue weighted by atomic mass is 16.5. The van der Waals surface area contributed by atoms with Gasteiger partial charge in [-0.2, -0.15) is 10.4 Å². The summed E-state index contributed by atoms with van der Waals surface area (Å²) in [6, 6.07) is 13.2. The number of ether oxygens (including phenoxy) is 1. The Morgan fingerprint density at radius 2 is 2.00 bits per heavy atom. The van der Waals surface area contributed by atoms with Crippen LogP contribution in [0.1, 0.15) is 11.3 Å². The minimum atomic E-state index is 0.506. The van der Waals surface area contributed by atoms with E-state index < -0.39 is 0 Å². The average Bonchev–Trinajstić information content (AvgIpc) is 3.18. The van der Waals surface area contributed by atoms with Gasteiger partial charge in [-0.3, -0.25) is 4.57 Å². The predicted molar refractivity (Wildman–Crippen MR) is 118 cm³/mol. The summed E-state index contributed by atoms with van der Waals surface area (Å²) >= 11 is 0. The van der Waals surface area contributed by atoms with Crippen molar-refractivity contribution in [3.05, 3.63) is 60.2 Å². The van der Waals surface area contributed by atoms with Crippen LogP contribution in [0.2, 0.25) is 0 Å². The van der Waals surface area contributed by atoms with Gasteiger partial charge in [0.15, 0.2) is 5.82 Å². The number of aryl methyl sites for hydroxylation is 1. The summed E-state index contributed by atoms with van der Waals surface area (Å²) < 4.78 is 7.96. The lowest BCUT2D eigenvalue weighted by molar-refractivity contribution is 0.262. The van der Waals surface area contributed by atoms with Crippen LogP contribution in [-0.2, 0) is 0 Å². The maximum Gasteiger partial charge on any atom is 0.153 e. The lowest BCUT2D eigenvalue weighted by Gasteiger charge is -2.15. The van der Waals surface area contributed by atoms with E-state index in [4.69, 9.17) is 10.00 Å². The number of nitrogens with zero attached hydrogens (tertiary/aromatic N) is 7. The Morgan fingerprint density at radius 3 is 2.68 bits per heavy atom. The van der Waals surface area contributed by atoms with Crippen LogP contribution in [0, 0.1) is 18.3 Å². The van der Waals surface area contributed by atoms with Crippen LogP contribution >= 0.6 is 0 Å². The molecule has 0 saturated heterocycles. The number of fused-ring (bicyclic) bond motifs is 1. The average molecular weight is 414 g/mol. The first-order valence-electron chi connectivity index (χ1n) is 9.76. The number of aromatic nitrogens is 5. The van der Waals surface area contributed by atoms with Gasteiger partial charge in [-0.25, -0.2) is 9.97 Å². The predicted octanol–water partition coefficient (Wildman–Crippen LogP) is 3.07. The molecule has 0 unspecified atom stereocenters. The van der Waals surface area contributed by atoms with E-state index in [2.05, 4.69) is 36.5 Å². The van der Waals surface area contributed by atoms with E-state index in [-0.39, 0.29) is 0 Å². The van der Waals surface area contributed by atoms with Crippen molar-refractivity contribution >= 4 is 22.5 Å². The fraction of sp³-hybridized carbons (Fsp3) is 0.227. The first kappa shape index (κ1) is 20.3. The van der Waals surface area contributed by atoms with Crippen molar-refractivity contribution in [1.82, 2.24) is 29.6 Å². The van der Waals surface area contributed by atoms with E-state index in [1.165, 1.54) is 0 Å². The topological polar surface area (TPSA) is 105 Å². The highest BCUT2D eigenvalue weighted by Gasteiger charge is 2.13. The standard InChI is InChI=1S/C22H22N8O/c1-15-4-6-21(28-27-15)26-18-10-17-19(11-20(18)31-9-8-29(2)3)30(14-25-17)22-7-5-16(12-23)13-24-22/h4-7,10-11,13-14H,8-9H2,1-3H3,(H,26,28). The molecule has 0 saturated carbocycles. The third-order valence-electron chi connectivity index (χ3n) is 4.63. The molecule has 1 aromatic carbocycles. The second kappa shape index (κ2) is 8.77. The van der Waals surface area contributed by atoms with Gasteiger partial charge in [-0.15, -0.1) is 5.10 Å². The molecule has 3 aromatic heterocycles. The number of pyridine rings is 1. The molecule has 4 aromatic rings. The number of likely N-dealkylation sites (N-methyl/N-ethyl adjacent to an activating group) is 1. The minimum absolute atomic E-state index is 0.506. The van der Waals surface area contributed by atoms with Gasteiger partial charge in [0.25, 0.3) is 0 Å². The van der Waals surface area contributed by atoms with Gasteiger partial charge < -0.3 is 15.0 Å². The van der Waals surface area contributed by atoms with E-state index in [0.717, 1.165) is 29.0 Å². The van der Waals surface area contributed by atoms with E-state index in [1.54, 1.807) is 24.7 Å². The molecule has 0 bridgehead atoms. The van der Waals surface area contributed by atoms with E-state index in [9.17, 15) is 0 Å². The van der Waals surface area contributed by atoms with Crippen LogP contribution in [0.5, 0.6) is 5.75 Å². The monoisotopic (exact) mass is 414 g/mol. The number of benzene rings is 1. The minimum Gasteiger partial charge on any atom is -0.490 e. The zero-order valence-electron chi connectivity index (χ0n) is 17.6. The summed E-state index contributed by atoms with van der Waals surface area (Å²) in [5.41, 5.74) is 3.72. The summed E-state index contributed by atoms with van der Waals surface area (Å²) in [5.74, 6) is 1.97. The molecule has 0 aliphatic carbocycles. The Balaban J connectivity index is 1.73. The molecule has 9 heteroatoms. The lowest BCUT2D eigenvalue weighted by Crippen LogP contribution is -2.19. The van der Waals surface area contributed by atoms with Gasteiger partial charge >= 0.3 is 0 Å². The number of rotatable bonds is 7. The molecule has 1 N–H and O–H groups in total. The van der Waals surface area contributed by atoms with Crippen molar-refractivity contribution in [2.45, 2.75) is 6.92 Å². The zero-order valence-corrected chi connectivity index (χ0v) is 17.6. The Morgan fingerprint density at radius 1 is 1.13 bits per heavy atom. The molecular weight excluding hydrogens is 392 g/mol. The molecule has 0 amide bonds. The molecule has 3 heterocycles. The lowest BCUT2D eigenvalue weighted by atomic mass is 10.2. The molecule has 0 radical (unpaired) electrons. The van der Waals surface area contributed by atoms with Crippen LogP contribution in [0.15, 0.2) is 48.9 Å². The molecule has 9 nitrogen and oxygen atoms in total. The molecule has 156 valence electrons. The number of imidazole rings is 1. The zero-order chi connectivity index (χ0) is 21.8. The largest absolute Gasteiger partial charge is 0.490 e. The van der Waals surface area contributed by atoms with Crippen LogP contribution in [0.4, 0.5) is 11.5 Å². The molecule has 0 aliphatic rings. The van der Waals surface area contributed by atoms with E-state index in [0.29, 0.717) is 29.6 Å². The molecule has 0 atom stereocenters. The summed E-state index contributed by atoms with van der Waals surface area (Å²) in [6.07, 6.45) is 3.25. The van der Waals surface area contributed by atoms with Gasteiger partial charge in [0.2, 0.25) is 0 Å². The van der Waals surface area contributed by atoms with Gasteiger partial charge in [-0.1, -0.05) is 0 Å². The third-order valence-corrected chi connectivity index (χ3v) is 4.63. The second-order valence-corrected chi connectivity index (χ2v) is 7.31. The van der Waals surface area contributed by atoms with Gasteiger partial charge in [0.05, 0.1) is 28.0 Å². The van der Waals surface area contributed by atoms with Crippen molar-refractivity contribution in [3.8, 4) is 17.6 Å². The molecular formula is C22H22N8O. The van der Waals surface area contributed by atoms with Crippen LogP contribution in [0.25, 0.3) is 16.9 Å². The third kappa shape index (κ3) is 4.60. The van der Waals surface area contributed by atoms with Gasteiger partial charge in [0, 0.05) is 18.8 Å². The summed E-state index contributed by atoms with van der Waals surface area (Å²) in [5, 5.41) is 20.6. The molecule has 0 aliphatic heterocycles.